The first-order valence-corrected chi connectivity index (χ1v) is 8.31. The van der Waals surface area contributed by atoms with Gasteiger partial charge in [-0.1, -0.05) is 13.3 Å². The fourth-order valence-electron chi connectivity index (χ4n) is 2.80. The van der Waals surface area contributed by atoms with Crippen molar-refractivity contribution in [2.45, 2.75) is 50.4 Å². The van der Waals surface area contributed by atoms with Crippen molar-refractivity contribution >= 4 is 15.8 Å². The normalized spacial score (nSPS) is 27.8. The fourth-order valence-corrected chi connectivity index (χ4v) is 4.35. The quantitative estimate of drug-likeness (QED) is 0.756. The van der Waals surface area contributed by atoms with E-state index in [2.05, 4.69) is 0 Å². The molecule has 1 N–H and O–H groups in total. The second-order valence-electron chi connectivity index (χ2n) is 4.90. The minimum atomic E-state index is -3.26. The van der Waals surface area contributed by atoms with Gasteiger partial charge in [-0.15, -0.1) is 0 Å². The van der Waals surface area contributed by atoms with Crippen LogP contribution in [0.2, 0.25) is 0 Å². The first-order chi connectivity index (χ1) is 8.27. The van der Waals surface area contributed by atoms with E-state index in [1.807, 2.05) is 0 Å². The highest BCUT2D eigenvalue weighted by molar-refractivity contribution is 7.91. The van der Waals surface area contributed by atoms with Crippen molar-refractivity contribution in [3.63, 3.8) is 0 Å². The van der Waals surface area contributed by atoms with Gasteiger partial charge in [0.25, 0.3) is 0 Å². The van der Waals surface area contributed by atoms with Crippen LogP contribution in [0.5, 0.6) is 0 Å². The molecule has 1 aliphatic carbocycles. The van der Waals surface area contributed by atoms with E-state index in [9.17, 15) is 18.3 Å². The van der Waals surface area contributed by atoms with Gasteiger partial charge in [0.1, 0.15) is 0 Å². The van der Waals surface area contributed by atoms with Crippen molar-refractivity contribution < 1.29 is 23.1 Å². The maximum absolute atomic E-state index is 11.9. The number of aliphatic hydroxyl groups is 1. The van der Waals surface area contributed by atoms with Gasteiger partial charge in [0.2, 0.25) is 0 Å². The van der Waals surface area contributed by atoms with Crippen molar-refractivity contribution in [2.75, 3.05) is 12.9 Å². The van der Waals surface area contributed by atoms with E-state index < -0.39 is 32.6 Å². The number of hydrogen-bond acceptors (Lipinski definition) is 5. The van der Waals surface area contributed by atoms with Crippen LogP contribution in [0.4, 0.5) is 0 Å². The van der Waals surface area contributed by atoms with Gasteiger partial charge in [0.05, 0.1) is 11.9 Å². The van der Waals surface area contributed by atoms with E-state index in [-0.39, 0.29) is 13.0 Å². The van der Waals surface area contributed by atoms with E-state index in [1.54, 1.807) is 13.8 Å². The van der Waals surface area contributed by atoms with E-state index in [0.29, 0.717) is 19.3 Å². The molecule has 6 heteroatoms. The Bertz CT molecular complexity index is 403. The SMILES string of the molecule is CCOC(=O)C(O)(CC)C1CCCC1S(C)(=O)=O. The standard InChI is InChI=1S/C12H22O5S/c1-4-12(14,11(13)17-5-2)9-7-6-8-10(9)18(3,15)16/h9-10,14H,4-8H2,1-3H3. The Morgan fingerprint density at radius 3 is 2.44 bits per heavy atom. The predicted molar refractivity (Wildman–Crippen MR) is 67.8 cm³/mol. The third-order valence-corrected chi connectivity index (χ3v) is 5.45. The number of ether oxygens (including phenoxy) is 1. The van der Waals surface area contributed by atoms with Crippen LogP contribution in [0.3, 0.4) is 0 Å². The Balaban J connectivity index is 3.04. The van der Waals surface area contributed by atoms with Crippen LogP contribution in [0.15, 0.2) is 0 Å². The Labute approximate surface area is 108 Å². The van der Waals surface area contributed by atoms with Gasteiger partial charge in [-0.25, -0.2) is 13.2 Å². The Morgan fingerprint density at radius 2 is 2.00 bits per heavy atom. The van der Waals surface area contributed by atoms with Crippen LogP contribution in [-0.2, 0) is 19.4 Å². The molecule has 0 bridgehead atoms. The summed E-state index contributed by atoms with van der Waals surface area (Å²) in [6.45, 7) is 3.52. The number of carbonyl (C=O) groups excluding carboxylic acids is 1. The molecule has 1 saturated carbocycles. The molecule has 18 heavy (non-hydrogen) atoms. The molecule has 0 aromatic heterocycles. The minimum absolute atomic E-state index is 0.169. The predicted octanol–water partition coefficient (Wildman–Crippen LogP) is 0.904. The second kappa shape index (κ2) is 5.57. The Hall–Kier alpha value is -0.620. The maximum Gasteiger partial charge on any atom is 0.338 e. The van der Waals surface area contributed by atoms with Crippen molar-refractivity contribution in [3.8, 4) is 0 Å². The lowest BCUT2D eigenvalue weighted by Crippen LogP contribution is -2.50. The molecule has 0 aliphatic heterocycles. The van der Waals surface area contributed by atoms with Crippen LogP contribution in [-0.4, -0.2) is 43.2 Å². The molecule has 0 aromatic carbocycles. The lowest BCUT2D eigenvalue weighted by atomic mass is 9.83. The van der Waals surface area contributed by atoms with Crippen LogP contribution in [0.1, 0.15) is 39.5 Å². The Kier molecular flexibility index (Phi) is 4.78. The highest BCUT2D eigenvalue weighted by Gasteiger charge is 2.51. The van der Waals surface area contributed by atoms with Gasteiger partial charge >= 0.3 is 5.97 Å². The molecule has 1 rings (SSSR count). The number of esters is 1. The minimum Gasteiger partial charge on any atom is -0.464 e. The average molecular weight is 278 g/mol. The van der Waals surface area contributed by atoms with Gasteiger partial charge < -0.3 is 9.84 Å². The molecule has 5 nitrogen and oxygen atoms in total. The van der Waals surface area contributed by atoms with Crippen LogP contribution in [0, 0.1) is 5.92 Å². The number of rotatable bonds is 5. The monoisotopic (exact) mass is 278 g/mol. The molecule has 0 spiro atoms. The van der Waals surface area contributed by atoms with Crippen LogP contribution in [0.25, 0.3) is 0 Å². The van der Waals surface area contributed by atoms with Crippen LogP contribution < -0.4 is 0 Å². The molecule has 0 aromatic rings. The summed E-state index contributed by atoms with van der Waals surface area (Å²) in [7, 11) is -3.26. The zero-order valence-electron chi connectivity index (χ0n) is 11.2. The first kappa shape index (κ1) is 15.4. The van der Waals surface area contributed by atoms with E-state index >= 15 is 0 Å². The summed E-state index contributed by atoms with van der Waals surface area (Å²) in [5, 5.41) is 9.87. The lowest BCUT2D eigenvalue weighted by molar-refractivity contribution is -0.171. The summed E-state index contributed by atoms with van der Waals surface area (Å²) in [4.78, 5) is 11.9. The highest BCUT2D eigenvalue weighted by atomic mass is 32.2. The van der Waals surface area contributed by atoms with Gasteiger partial charge in [0.15, 0.2) is 15.4 Å². The van der Waals surface area contributed by atoms with E-state index in [4.69, 9.17) is 4.74 Å². The number of carbonyl (C=O) groups is 1. The summed E-state index contributed by atoms with van der Waals surface area (Å²) in [6.07, 6.45) is 3.09. The zero-order chi connectivity index (χ0) is 14.0. The topological polar surface area (TPSA) is 80.7 Å². The molecule has 0 radical (unpaired) electrons. The highest BCUT2D eigenvalue weighted by Crippen LogP contribution is 2.40. The van der Waals surface area contributed by atoms with Crippen molar-refractivity contribution in [1.29, 1.82) is 0 Å². The molecule has 0 saturated heterocycles. The van der Waals surface area contributed by atoms with E-state index in [1.165, 1.54) is 0 Å². The fraction of sp³-hybridized carbons (Fsp3) is 0.917. The summed E-state index contributed by atoms with van der Waals surface area (Å²) in [6, 6.07) is 0. The molecule has 1 aliphatic rings. The summed E-state index contributed by atoms with van der Waals surface area (Å²) in [5.41, 5.74) is -1.68. The van der Waals surface area contributed by atoms with Crippen molar-refractivity contribution in [3.05, 3.63) is 0 Å². The molecule has 106 valence electrons. The van der Waals surface area contributed by atoms with Crippen LogP contribution >= 0.6 is 0 Å². The third-order valence-electron chi connectivity index (χ3n) is 3.78. The van der Waals surface area contributed by atoms with E-state index in [0.717, 1.165) is 6.26 Å². The number of sulfone groups is 1. The smallest absolute Gasteiger partial charge is 0.338 e. The molecular formula is C12H22O5S. The molecule has 1 fully saturated rings. The third kappa shape index (κ3) is 2.85. The zero-order valence-corrected chi connectivity index (χ0v) is 12.0. The van der Waals surface area contributed by atoms with Crippen molar-refractivity contribution in [1.82, 2.24) is 0 Å². The average Bonchev–Trinajstić information content (AvgIpc) is 2.77. The molecule has 0 heterocycles. The number of hydrogen-bond donors (Lipinski definition) is 1. The summed E-state index contributed by atoms with van der Waals surface area (Å²) < 4.78 is 28.3. The maximum atomic E-state index is 11.9. The van der Waals surface area contributed by atoms with Gasteiger partial charge in [-0.2, -0.15) is 0 Å². The summed E-state index contributed by atoms with van der Waals surface area (Å²) in [5.74, 6) is -1.26. The molecular weight excluding hydrogens is 256 g/mol. The second-order valence-corrected chi connectivity index (χ2v) is 7.17. The largest absolute Gasteiger partial charge is 0.464 e. The lowest BCUT2D eigenvalue weighted by Gasteiger charge is -2.33. The Morgan fingerprint density at radius 1 is 1.39 bits per heavy atom. The molecule has 0 amide bonds. The molecule has 3 atom stereocenters. The van der Waals surface area contributed by atoms with Gasteiger partial charge in [0, 0.05) is 12.2 Å². The summed E-state index contributed by atoms with van der Waals surface area (Å²) >= 11 is 0. The van der Waals surface area contributed by atoms with Gasteiger partial charge in [-0.05, 0) is 26.2 Å². The first-order valence-electron chi connectivity index (χ1n) is 6.35. The van der Waals surface area contributed by atoms with Crippen molar-refractivity contribution in [2.24, 2.45) is 5.92 Å². The molecule has 3 unspecified atom stereocenters. The van der Waals surface area contributed by atoms with Gasteiger partial charge in [-0.3, -0.25) is 0 Å².